The van der Waals surface area contributed by atoms with Crippen molar-refractivity contribution >= 4 is 10.9 Å². The first-order valence-electron chi connectivity index (χ1n) is 5.45. The minimum absolute atomic E-state index is 0.111. The average molecular weight is 201 g/mol. The van der Waals surface area contributed by atoms with Gasteiger partial charge in [0.05, 0.1) is 6.61 Å². The van der Waals surface area contributed by atoms with Crippen LogP contribution in [0.1, 0.15) is 31.0 Å². The van der Waals surface area contributed by atoms with Crippen molar-refractivity contribution in [2.45, 2.75) is 31.8 Å². The Morgan fingerprint density at radius 1 is 1.33 bits per heavy atom. The van der Waals surface area contributed by atoms with E-state index < -0.39 is 0 Å². The Morgan fingerprint density at radius 3 is 2.73 bits per heavy atom. The average Bonchev–Trinajstić information content (AvgIpc) is 2.87. The van der Waals surface area contributed by atoms with Crippen LogP contribution in [0.3, 0.4) is 0 Å². The maximum Gasteiger partial charge on any atom is 0.0834 e. The monoisotopic (exact) mass is 201 g/mol. The van der Waals surface area contributed by atoms with E-state index in [1.807, 2.05) is 6.07 Å². The van der Waals surface area contributed by atoms with Crippen LogP contribution >= 0.6 is 0 Å². The van der Waals surface area contributed by atoms with Gasteiger partial charge in [-0.2, -0.15) is 0 Å². The minimum Gasteiger partial charge on any atom is -0.390 e. The summed E-state index contributed by atoms with van der Waals surface area (Å²) in [6.07, 6.45) is 2.48. The van der Waals surface area contributed by atoms with Gasteiger partial charge >= 0.3 is 0 Å². The first-order valence-corrected chi connectivity index (χ1v) is 5.45. The van der Waals surface area contributed by atoms with Crippen molar-refractivity contribution in [1.82, 2.24) is 4.98 Å². The topological polar surface area (TPSA) is 36.0 Å². The molecule has 0 saturated heterocycles. The fraction of sp³-hybridized carbons (Fsp3) is 0.385. The number of benzene rings is 1. The van der Waals surface area contributed by atoms with E-state index in [0.717, 1.165) is 11.2 Å². The van der Waals surface area contributed by atoms with Crippen LogP contribution in [0.2, 0.25) is 0 Å². The molecule has 1 aromatic heterocycles. The van der Waals surface area contributed by atoms with E-state index in [2.05, 4.69) is 30.1 Å². The van der Waals surface area contributed by atoms with Crippen LogP contribution in [-0.4, -0.2) is 10.1 Å². The highest BCUT2D eigenvalue weighted by Crippen LogP contribution is 2.51. The number of fused-ring (bicyclic) bond motifs is 1. The predicted molar refractivity (Wildman–Crippen MR) is 60.8 cm³/mol. The van der Waals surface area contributed by atoms with Gasteiger partial charge in [0, 0.05) is 16.6 Å². The summed E-state index contributed by atoms with van der Waals surface area (Å²) in [5.74, 6) is 0. The van der Waals surface area contributed by atoms with E-state index in [0.29, 0.717) is 5.41 Å². The standard InChI is InChI=1S/C13H15NO/c1-13(6-7-13)12-9-4-2-3-5-10(9)14-11(12)8-15/h2-5,14-15H,6-8H2,1H3. The van der Waals surface area contributed by atoms with Gasteiger partial charge in [0.15, 0.2) is 0 Å². The van der Waals surface area contributed by atoms with Crippen molar-refractivity contribution in [2.24, 2.45) is 0 Å². The molecule has 1 aliphatic carbocycles. The molecular formula is C13H15NO. The molecule has 1 saturated carbocycles. The Morgan fingerprint density at radius 2 is 2.07 bits per heavy atom. The summed E-state index contributed by atoms with van der Waals surface area (Å²) >= 11 is 0. The fourth-order valence-corrected chi connectivity index (χ4v) is 2.44. The molecule has 1 aliphatic rings. The summed E-state index contributed by atoms with van der Waals surface area (Å²) in [5, 5.41) is 10.7. The molecule has 1 aromatic carbocycles. The van der Waals surface area contributed by atoms with E-state index in [1.54, 1.807) is 0 Å². The predicted octanol–water partition coefficient (Wildman–Crippen LogP) is 2.71. The van der Waals surface area contributed by atoms with Gasteiger partial charge in [0.2, 0.25) is 0 Å². The molecule has 0 radical (unpaired) electrons. The summed E-state index contributed by atoms with van der Waals surface area (Å²) in [7, 11) is 0. The maximum atomic E-state index is 9.38. The van der Waals surface area contributed by atoms with Gasteiger partial charge in [0.25, 0.3) is 0 Å². The van der Waals surface area contributed by atoms with E-state index >= 15 is 0 Å². The summed E-state index contributed by atoms with van der Waals surface area (Å²) in [4.78, 5) is 3.31. The zero-order valence-corrected chi connectivity index (χ0v) is 8.88. The normalized spacial score (nSPS) is 18.3. The highest BCUT2D eigenvalue weighted by Gasteiger charge is 2.42. The van der Waals surface area contributed by atoms with Crippen molar-refractivity contribution in [3.05, 3.63) is 35.5 Å². The molecule has 0 aliphatic heterocycles. The van der Waals surface area contributed by atoms with Crippen LogP contribution in [0.25, 0.3) is 10.9 Å². The van der Waals surface area contributed by atoms with Crippen LogP contribution in [0, 0.1) is 0 Å². The highest BCUT2D eigenvalue weighted by atomic mass is 16.3. The molecule has 3 rings (SSSR count). The van der Waals surface area contributed by atoms with Crippen LogP contribution in [0.15, 0.2) is 24.3 Å². The summed E-state index contributed by atoms with van der Waals surface area (Å²) in [5.41, 5.74) is 3.78. The van der Waals surface area contributed by atoms with Gasteiger partial charge in [-0.05, 0) is 29.9 Å². The van der Waals surface area contributed by atoms with Crippen molar-refractivity contribution in [3.63, 3.8) is 0 Å². The number of aromatic nitrogens is 1. The Balaban J connectivity index is 2.32. The Labute approximate surface area is 88.9 Å². The van der Waals surface area contributed by atoms with Gasteiger partial charge in [0.1, 0.15) is 0 Å². The summed E-state index contributed by atoms with van der Waals surface area (Å²) < 4.78 is 0. The van der Waals surface area contributed by atoms with E-state index in [1.165, 1.54) is 23.8 Å². The summed E-state index contributed by atoms with van der Waals surface area (Å²) in [6.45, 7) is 2.39. The van der Waals surface area contributed by atoms with Crippen LogP contribution in [0.5, 0.6) is 0 Å². The van der Waals surface area contributed by atoms with E-state index in [-0.39, 0.29) is 6.61 Å². The molecule has 15 heavy (non-hydrogen) atoms. The number of nitrogens with one attached hydrogen (secondary N) is 1. The molecule has 2 heteroatoms. The maximum absolute atomic E-state index is 9.38. The molecule has 1 heterocycles. The Hall–Kier alpha value is -1.28. The largest absolute Gasteiger partial charge is 0.390 e. The molecule has 0 amide bonds. The molecule has 2 N–H and O–H groups in total. The van der Waals surface area contributed by atoms with Gasteiger partial charge in [-0.1, -0.05) is 25.1 Å². The molecule has 0 unspecified atom stereocenters. The number of aliphatic hydroxyl groups excluding tert-OH is 1. The first kappa shape index (κ1) is 8.98. The molecule has 1 fully saturated rings. The number of hydrogen-bond donors (Lipinski definition) is 2. The number of hydrogen-bond acceptors (Lipinski definition) is 1. The quantitative estimate of drug-likeness (QED) is 0.770. The number of rotatable bonds is 2. The lowest BCUT2D eigenvalue weighted by atomic mass is 9.95. The van der Waals surface area contributed by atoms with Crippen LogP contribution < -0.4 is 0 Å². The molecule has 78 valence electrons. The second-order valence-corrected chi connectivity index (χ2v) is 4.74. The zero-order valence-electron chi connectivity index (χ0n) is 8.88. The summed E-state index contributed by atoms with van der Waals surface area (Å²) in [6, 6.07) is 8.30. The fourth-order valence-electron chi connectivity index (χ4n) is 2.44. The number of aromatic amines is 1. The zero-order chi connectivity index (χ0) is 10.5. The lowest BCUT2D eigenvalue weighted by Crippen LogP contribution is -2.03. The molecule has 0 atom stereocenters. The molecular weight excluding hydrogens is 186 g/mol. The van der Waals surface area contributed by atoms with Crippen molar-refractivity contribution in [2.75, 3.05) is 0 Å². The third-order valence-corrected chi connectivity index (χ3v) is 3.55. The van der Waals surface area contributed by atoms with Crippen molar-refractivity contribution < 1.29 is 5.11 Å². The molecule has 0 spiro atoms. The SMILES string of the molecule is CC1(c2c(CO)[nH]c3ccccc23)CC1. The third-order valence-electron chi connectivity index (χ3n) is 3.55. The molecule has 2 nitrogen and oxygen atoms in total. The smallest absolute Gasteiger partial charge is 0.0834 e. The number of para-hydroxylation sites is 1. The Kier molecular flexibility index (Phi) is 1.71. The lowest BCUT2D eigenvalue weighted by Gasteiger charge is -2.09. The van der Waals surface area contributed by atoms with E-state index in [9.17, 15) is 5.11 Å². The van der Waals surface area contributed by atoms with Gasteiger partial charge in [-0.25, -0.2) is 0 Å². The second kappa shape index (κ2) is 2.86. The minimum atomic E-state index is 0.111. The lowest BCUT2D eigenvalue weighted by molar-refractivity contribution is 0.276. The first-order chi connectivity index (χ1) is 7.24. The van der Waals surface area contributed by atoms with Crippen molar-refractivity contribution in [3.8, 4) is 0 Å². The Bertz CT molecular complexity index is 508. The van der Waals surface area contributed by atoms with Gasteiger partial charge in [-0.3, -0.25) is 0 Å². The third kappa shape index (κ3) is 1.21. The highest BCUT2D eigenvalue weighted by molar-refractivity contribution is 5.86. The molecule has 0 bridgehead atoms. The number of aliphatic hydroxyl groups is 1. The van der Waals surface area contributed by atoms with Crippen LogP contribution in [-0.2, 0) is 12.0 Å². The van der Waals surface area contributed by atoms with Gasteiger partial charge in [-0.15, -0.1) is 0 Å². The van der Waals surface area contributed by atoms with Crippen molar-refractivity contribution in [1.29, 1.82) is 0 Å². The number of H-pyrrole nitrogens is 1. The van der Waals surface area contributed by atoms with E-state index in [4.69, 9.17) is 0 Å². The van der Waals surface area contributed by atoms with Gasteiger partial charge < -0.3 is 10.1 Å². The van der Waals surface area contributed by atoms with Crippen LogP contribution in [0.4, 0.5) is 0 Å². The molecule has 2 aromatic rings. The second-order valence-electron chi connectivity index (χ2n) is 4.74.